The Balaban J connectivity index is 1.67. The highest BCUT2D eigenvalue weighted by Gasteiger charge is 2.25. The standard InChI is InChI=1S/C15H21N5O/c16-10-12-6-4-5-7-13(12)11-21-15-17-18-19-20(15)14-8-2-1-3-9-14/h1-3,8-9,12-13H,4-7,10-11,16H2. The van der Waals surface area contributed by atoms with Gasteiger partial charge in [-0.15, -0.1) is 0 Å². The molecule has 1 aliphatic rings. The van der Waals surface area contributed by atoms with Gasteiger partial charge in [0.05, 0.1) is 12.3 Å². The van der Waals surface area contributed by atoms with Crippen molar-refractivity contribution < 1.29 is 4.74 Å². The molecule has 0 saturated heterocycles. The molecule has 6 nitrogen and oxygen atoms in total. The summed E-state index contributed by atoms with van der Waals surface area (Å²) in [5.41, 5.74) is 6.76. The molecular formula is C15H21N5O. The second kappa shape index (κ2) is 6.67. The fourth-order valence-electron chi connectivity index (χ4n) is 3.00. The number of ether oxygens (including phenoxy) is 1. The lowest BCUT2D eigenvalue weighted by Crippen LogP contribution is -2.31. The molecule has 21 heavy (non-hydrogen) atoms. The summed E-state index contributed by atoms with van der Waals surface area (Å²) in [6.07, 6.45) is 4.91. The van der Waals surface area contributed by atoms with Gasteiger partial charge in [-0.3, -0.25) is 0 Å². The van der Waals surface area contributed by atoms with Crippen molar-refractivity contribution >= 4 is 0 Å². The Bertz CT molecular complexity index is 556. The monoisotopic (exact) mass is 287 g/mol. The molecule has 0 spiro atoms. The van der Waals surface area contributed by atoms with E-state index < -0.39 is 0 Å². The van der Waals surface area contributed by atoms with Crippen molar-refractivity contribution in [2.75, 3.05) is 13.2 Å². The van der Waals surface area contributed by atoms with Crippen LogP contribution in [0.5, 0.6) is 6.01 Å². The fourth-order valence-corrected chi connectivity index (χ4v) is 3.00. The molecule has 2 atom stereocenters. The van der Waals surface area contributed by atoms with E-state index in [0.29, 0.717) is 24.5 Å². The molecule has 1 aliphatic carbocycles. The van der Waals surface area contributed by atoms with Gasteiger partial charge in [0.25, 0.3) is 0 Å². The number of aromatic nitrogens is 4. The average Bonchev–Trinajstić information content (AvgIpc) is 3.02. The molecule has 1 heterocycles. The van der Waals surface area contributed by atoms with E-state index >= 15 is 0 Å². The molecule has 2 unspecified atom stereocenters. The van der Waals surface area contributed by atoms with Gasteiger partial charge in [-0.05, 0) is 53.8 Å². The third kappa shape index (κ3) is 3.21. The van der Waals surface area contributed by atoms with Crippen LogP contribution in [0.2, 0.25) is 0 Å². The average molecular weight is 287 g/mol. The molecule has 112 valence electrons. The molecule has 1 fully saturated rings. The van der Waals surface area contributed by atoms with Crippen LogP contribution < -0.4 is 10.5 Å². The summed E-state index contributed by atoms with van der Waals surface area (Å²) in [6.45, 7) is 1.37. The van der Waals surface area contributed by atoms with E-state index in [0.717, 1.165) is 12.2 Å². The summed E-state index contributed by atoms with van der Waals surface area (Å²) >= 11 is 0. The third-order valence-corrected chi connectivity index (χ3v) is 4.24. The molecule has 2 aromatic rings. The Hall–Kier alpha value is -1.95. The number of rotatable bonds is 5. The van der Waals surface area contributed by atoms with Crippen LogP contribution in [0.15, 0.2) is 30.3 Å². The van der Waals surface area contributed by atoms with Crippen LogP contribution in [-0.4, -0.2) is 33.4 Å². The van der Waals surface area contributed by atoms with Crippen LogP contribution in [-0.2, 0) is 0 Å². The highest BCUT2D eigenvalue weighted by molar-refractivity contribution is 5.31. The number of tetrazole rings is 1. The zero-order chi connectivity index (χ0) is 14.5. The first-order chi connectivity index (χ1) is 10.4. The predicted molar refractivity (Wildman–Crippen MR) is 79.2 cm³/mol. The van der Waals surface area contributed by atoms with Gasteiger partial charge in [0.2, 0.25) is 0 Å². The van der Waals surface area contributed by atoms with Crippen LogP contribution in [0, 0.1) is 11.8 Å². The number of hydrogen-bond acceptors (Lipinski definition) is 5. The smallest absolute Gasteiger partial charge is 0.340 e. The first kappa shape index (κ1) is 14.0. The summed E-state index contributed by atoms with van der Waals surface area (Å²) in [6, 6.07) is 10.2. The molecule has 0 radical (unpaired) electrons. The van der Waals surface area contributed by atoms with Gasteiger partial charge in [0, 0.05) is 0 Å². The van der Waals surface area contributed by atoms with E-state index in [1.54, 1.807) is 4.68 Å². The lowest BCUT2D eigenvalue weighted by atomic mass is 9.80. The normalized spacial score (nSPS) is 22.1. The Morgan fingerprint density at radius 3 is 2.67 bits per heavy atom. The van der Waals surface area contributed by atoms with Crippen LogP contribution >= 0.6 is 0 Å². The molecule has 0 amide bonds. The summed E-state index contributed by atoms with van der Waals surface area (Å²) in [7, 11) is 0. The minimum atomic E-state index is 0.447. The van der Waals surface area contributed by atoms with Gasteiger partial charge in [-0.2, -0.15) is 4.68 Å². The molecule has 3 rings (SSSR count). The highest BCUT2D eigenvalue weighted by Crippen LogP contribution is 2.29. The summed E-state index contributed by atoms with van der Waals surface area (Å²) in [5.74, 6) is 1.06. The maximum absolute atomic E-state index is 5.87. The number of benzene rings is 1. The topological polar surface area (TPSA) is 78.8 Å². The van der Waals surface area contributed by atoms with Gasteiger partial charge < -0.3 is 10.5 Å². The van der Waals surface area contributed by atoms with Crippen LogP contribution in [0.3, 0.4) is 0 Å². The van der Waals surface area contributed by atoms with E-state index in [1.807, 2.05) is 30.3 Å². The molecule has 1 aromatic heterocycles. The second-order valence-electron chi connectivity index (χ2n) is 5.56. The largest absolute Gasteiger partial charge is 0.462 e. The van der Waals surface area contributed by atoms with Gasteiger partial charge in [0.1, 0.15) is 0 Å². The van der Waals surface area contributed by atoms with E-state index in [1.165, 1.54) is 25.7 Å². The second-order valence-corrected chi connectivity index (χ2v) is 5.56. The van der Waals surface area contributed by atoms with Crippen LogP contribution in [0.25, 0.3) is 5.69 Å². The zero-order valence-electron chi connectivity index (χ0n) is 12.1. The predicted octanol–water partition coefficient (Wildman–Crippen LogP) is 1.81. The number of para-hydroxylation sites is 1. The minimum absolute atomic E-state index is 0.447. The highest BCUT2D eigenvalue weighted by atomic mass is 16.5. The first-order valence-corrected chi connectivity index (χ1v) is 7.55. The van der Waals surface area contributed by atoms with Crippen molar-refractivity contribution in [3.63, 3.8) is 0 Å². The molecule has 1 saturated carbocycles. The van der Waals surface area contributed by atoms with E-state index in [9.17, 15) is 0 Å². The van der Waals surface area contributed by atoms with Crippen LogP contribution in [0.4, 0.5) is 0 Å². The SMILES string of the molecule is NCC1CCCCC1COc1nnnn1-c1ccccc1. The van der Waals surface area contributed by atoms with E-state index in [4.69, 9.17) is 10.5 Å². The summed E-state index contributed by atoms with van der Waals surface area (Å²) in [5, 5.41) is 11.7. The molecule has 6 heteroatoms. The van der Waals surface area contributed by atoms with Crippen LogP contribution in [0.1, 0.15) is 25.7 Å². The van der Waals surface area contributed by atoms with Gasteiger partial charge >= 0.3 is 6.01 Å². The van der Waals surface area contributed by atoms with Crippen molar-refractivity contribution in [2.45, 2.75) is 25.7 Å². The Labute approximate surface area is 124 Å². The van der Waals surface area contributed by atoms with Gasteiger partial charge in [0.15, 0.2) is 0 Å². The van der Waals surface area contributed by atoms with E-state index in [-0.39, 0.29) is 0 Å². The molecule has 0 aliphatic heterocycles. The fraction of sp³-hybridized carbons (Fsp3) is 0.533. The zero-order valence-corrected chi connectivity index (χ0v) is 12.1. The molecule has 2 N–H and O–H groups in total. The summed E-state index contributed by atoms with van der Waals surface area (Å²) < 4.78 is 7.50. The number of nitrogens with two attached hydrogens (primary N) is 1. The summed E-state index contributed by atoms with van der Waals surface area (Å²) in [4.78, 5) is 0. The maximum Gasteiger partial charge on any atom is 0.340 e. The molecular weight excluding hydrogens is 266 g/mol. The number of nitrogens with zero attached hydrogens (tertiary/aromatic N) is 4. The van der Waals surface area contributed by atoms with Gasteiger partial charge in [-0.25, -0.2) is 0 Å². The lowest BCUT2D eigenvalue weighted by molar-refractivity contribution is 0.143. The quantitative estimate of drug-likeness (QED) is 0.907. The molecule has 1 aromatic carbocycles. The first-order valence-electron chi connectivity index (χ1n) is 7.55. The lowest BCUT2D eigenvalue weighted by Gasteiger charge is -2.30. The van der Waals surface area contributed by atoms with Crippen molar-refractivity contribution in [3.05, 3.63) is 30.3 Å². The van der Waals surface area contributed by atoms with Gasteiger partial charge in [-0.1, -0.05) is 36.1 Å². The maximum atomic E-state index is 5.87. The van der Waals surface area contributed by atoms with Crippen molar-refractivity contribution in [1.29, 1.82) is 0 Å². The Morgan fingerprint density at radius 2 is 1.90 bits per heavy atom. The van der Waals surface area contributed by atoms with Crippen molar-refractivity contribution in [3.8, 4) is 11.7 Å². The number of hydrogen-bond donors (Lipinski definition) is 1. The molecule has 0 bridgehead atoms. The van der Waals surface area contributed by atoms with Crippen molar-refractivity contribution in [1.82, 2.24) is 20.2 Å². The van der Waals surface area contributed by atoms with E-state index in [2.05, 4.69) is 15.5 Å². The third-order valence-electron chi connectivity index (χ3n) is 4.24. The Morgan fingerprint density at radius 1 is 1.14 bits per heavy atom. The van der Waals surface area contributed by atoms with Crippen molar-refractivity contribution in [2.24, 2.45) is 17.6 Å². The Kier molecular flexibility index (Phi) is 4.45. The minimum Gasteiger partial charge on any atom is -0.462 e.